The lowest BCUT2D eigenvalue weighted by Gasteiger charge is -2.15. The molecule has 0 bridgehead atoms. The fraction of sp³-hybridized carbons (Fsp3) is 0.160. The minimum Gasteiger partial charge on any atom is -0.497 e. The number of hydrogen-bond donors (Lipinski definition) is 1. The Bertz CT molecular complexity index is 1410. The molecule has 7 nitrogen and oxygen atoms in total. The Kier molecular flexibility index (Phi) is 7.40. The summed E-state index contributed by atoms with van der Waals surface area (Å²) in [4.78, 5) is 30.7. The Hall–Kier alpha value is -3.49. The minimum absolute atomic E-state index is 0.0671. The first-order valence-corrected chi connectivity index (χ1v) is 11.7. The van der Waals surface area contributed by atoms with Crippen molar-refractivity contribution in [1.29, 1.82) is 0 Å². The maximum atomic E-state index is 13.4. The second kappa shape index (κ2) is 10.6. The number of ether oxygens (including phenoxy) is 2. The van der Waals surface area contributed by atoms with Gasteiger partial charge in [0.1, 0.15) is 11.5 Å². The Morgan fingerprint density at radius 1 is 1.06 bits per heavy atom. The van der Waals surface area contributed by atoms with Crippen LogP contribution in [0.5, 0.6) is 11.5 Å². The predicted molar refractivity (Wildman–Crippen MR) is 134 cm³/mol. The molecule has 9 heteroatoms. The van der Waals surface area contributed by atoms with Gasteiger partial charge < -0.3 is 14.8 Å². The van der Waals surface area contributed by atoms with Crippen LogP contribution in [0.1, 0.15) is 5.56 Å². The second-order valence-electron chi connectivity index (χ2n) is 7.29. The van der Waals surface area contributed by atoms with Crippen molar-refractivity contribution in [2.75, 3.05) is 20.0 Å². The van der Waals surface area contributed by atoms with Crippen LogP contribution in [0.4, 0.5) is 0 Å². The molecule has 3 aromatic carbocycles. The van der Waals surface area contributed by atoms with Gasteiger partial charge in [0, 0.05) is 11.6 Å². The van der Waals surface area contributed by atoms with Gasteiger partial charge in [0.2, 0.25) is 5.91 Å². The molecule has 34 heavy (non-hydrogen) atoms. The summed E-state index contributed by atoms with van der Waals surface area (Å²) < 4.78 is 12.2. The summed E-state index contributed by atoms with van der Waals surface area (Å²) in [5.74, 6) is 1.11. The van der Waals surface area contributed by atoms with Crippen molar-refractivity contribution in [2.24, 2.45) is 0 Å². The maximum absolute atomic E-state index is 13.4. The van der Waals surface area contributed by atoms with E-state index in [2.05, 4.69) is 10.3 Å². The van der Waals surface area contributed by atoms with Crippen LogP contribution in [0.25, 0.3) is 16.6 Å². The Labute approximate surface area is 205 Å². The first-order valence-electron chi connectivity index (χ1n) is 10.4. The summed E-state index contributed by atoms with van der Waals surface area (Å²) in [6.07, 6.45) is 0. The molecular weight excluding hydrogens is 474 g/mol. The van der Waals surface area contributed by atoms with Crippen molar-refractivity contribution in [3.05, 3.63) is 87.7 Å². The molecule has 0 unspecified atom stereocenters. The van der Waals surface area contributed by atoms with E-state index in [1.54, 1.807) is 37.4 Å². The molecule has 0 atom stereocenters. The van der Waals surface area contributed by atoms with Gasteiger partial charge in [-0.3, -0.25) is 14.2 Å². The number of carbonyl (C=O) groups is 1. The molecule has 4 aromatic rings. The van der Waals surface area contributed by atoms with E-state index in [-0.39, 0.29) is 17.2 Å². The third kappa shape index (κ3) is 5.18. The van der Waals surface area contributed by atoms with Crippen molar-refractivity contribution in [2.45, 2.75) is 11.7 Å². The fourth-order valence-corrected chi connectivity index (χ4v) is 4.43. The van der Waals surface area contributed by atoms with Gasteiger partial charge in [-0.2, -0.15) is 0 Å². The molecule has 174 valence electrons. The fourth-order valence-electron chi connectivity index (χ4n) is 3.43. The van der Waals surface area contributed by atoms with Crippen LogP contribution in [0, 0.1) is 0 Å². The van der Waals surface area contributed by atoms with E-state index in [0.29, 0.717) is 39.1 Å². The number of fused-ring (bicyclic) bond motifs is 1. The summed E-state index contributed by atoms with van der Waals surface area (Å²) in [6.45, 7) is 0.358. The van der Waals surface area contributed by atoms with Crippen molar-refractivity contribution in [3.63, 3.8) is 0 Å². The summed E-state index contributed by atoms with van der Waals surface area (Å²) in [7, 11) is 3.14. The summed E-state index contributed by atoms with van der Waals surface area (Å²) >= 11 is 7.29. The monoisotopic (exact) mass is 495 g/mol. The molecule has 1 N–H and O–H groups in total. The van der Waals surface area contributed by atoms with Crippen molar-refractivity contribution < 1.29 is 14.3 Å². The summed E-state index contributed by atoms with van der Waals surface area (Å²) in [5, 5.41) is 4.14. The molecule has 4 rings (SSSR count). The van der Waals surface area contributed by atoms with E-state index in [9.17, 15) is 9.59 Å². The van der Waals surface area contributed by atoms with Crippen LogP contribution in [0.3, 0.4) is 0 Å². The van der Waals surface area contributed by atoms with Gasteiger partial charge in [0.25, 0.3) is 5.56 Å². The zero-order chi connectivity index (χ0) is 24.1. The molecule has 1 heterocycles. The van der Waals surface area contributed by atoms with Gasteiger partial charge in [-0.05, 0) is 48.0 Å². The highest BCUT2D eigenvalue weighted by atomic mass is 35.5. The van der Waals surface area contributed by atoms with Gasteiger partial charge in [-0.15, -0.1) is 0 Å². The molecule has 0 aliphatic carbocycles. The third-order valence-corrected chi connectivity index (χ3v) is 6.26. The molecule has 0 aliphatic heterocycles. The molecule has 0 spiro atoms. The first-order chi connectivity index (χ1) is 16.5. The normalized spacial score (nSPS) is 10.8. The van der Waals surface area contributed by atoms with E-state index >= 15 is 0 Å². The van der Waals surface area contributed by atoms with E-state index in [1.165, 1.54) is 11.7 Å². The number of methoxy groups -OCH3 is 2. The number of benzene rings is 3. The standard InChI is InChI=1S/C25H22ClN3O4S/c1-32-18-7-5-6-16(12-18)14-27-23(30)15-34-25-28-20-13-17(26)10-11-19(20)24(31)29(25)21-8-3-4-9-22(21)33-2/h3-13H,14-15H2,1-2H3,(H,27,30). The van der Waals surface area contributed by atoms with Crippen LogP contribution in [0.15, 0.2) is 76.7 Å². The van der Waals surface area contributed by atoms with Crippen LogP contribution < -0.4 is 20.3 Å². The number of para-hydroxylation sites is 2. The molecule has 1 aromatic heterocycles. The van der Waals surface area contributed by atoms with Gasteiger partial charge in [-0.1, -0.05) is 47.6 Å². The number of amides is 1. The predicted octanol–water partition coefficient (Wildman–Crippen LogP) is 4.46. The Balaban J connectivity index is 1.63. The molecular formula is C25H22ClN3O4S. The summed E-state index contributed by atoms with van der Waals surface area (Å²) in [6, 6.07) is 19.6. The lowest BCUT2D eigenvalue weighted by atomic mass is 10.2. The first kappa shape index (κ1) is 23.7. The van der Waals surface area contributed by atoms with Gasteiger partial charge in [0.15, 0.2) is 5.16 Å². The SMILES string of the molecule is COc1cccc(CNC(=O)CSc2nc3cc(Cl)ccc3c(=O)n2-c2ccccc2OC)c1. The molecule has 0 saturated heterocycles. The van der Waals surface area contributed by atoms with Crippen LogP contribution in [-0.4, -0.2) is 35.4 Å². The average Bonchev–Trinajstić information content (AvgIpc) is 2.86. The highest BCUT2D eigenvalue weighted by molar-refractivity contribution is 7.99. The number of hydrogen-bond acceptors (Lipinski definition) is 6. The molecule has 0 radical (unpaired) electrons. The quantitative estimate of drug-likeness (QED) is 0.287. The van der Waals surface area contributed by atoms with Crippen molar-refractivity contribution in [1.82, 2.24) is 14.9 Å². The van der Waals surface area contributed by atoms with E-state index in [0.717, 1.165) is 23.1 Å². The number of thioether (sulfide) groups is 1. The van der Waals surface area contributed by atoms with Crippen LogP contribution >= 0.6 is 23.4 Å². The van der Waals surface area contributed by atoms with E-state index < -0.39 is 0 Å². The number of nitrogens with one attached hydrogen (secondary N) is 1. The number of carbonyl (C=O) groups excluding carboxylic acids is 1. The number of aromatic nitrogens is 2. The molecule has 0 fully saturated rings. The van der Waals surface area contributed by atoms with Crippen molar-refractivity contribution in [3.8, 4) is 17.2 Å². The van der Waals surface area contributed by atoms with Crippen molar-refractivity contribution >= 4 is 40.2 Å². The topological polar surface area (TPSA) is 82.5 Å². The smallest absolute Gasteiger partial charge is 0.266 e. The summed E-state index contributed by atoms with van der Waals surface area (Å²) in [5.41, 5.74) is 1.65. The zero-order valence-electron chi connectivity index (χ0n) is 18.6. The number of halogens is 1. The van der Waals surface area contributed by atoms with Gasteiger partial charge >= 0.3 is 0 Å². The van der Waals surface area contributed by atoms with E-state index in [4.69, 9.17) is 21.1 Å². The Morgan fingerprint density at radius 3 is 2.68 bits per heavy atom. The van der Waals surface area contributed by atoms with Crippen LogP contribution in [-0.2, 0) is 11.3 Å². The number of nitrogens with zero attached hydrogens (tertiary/aromatic N) is 2. The third-order valence-electron chi connectivity index (χ3n) is 5.08. The number of rotatable bonds is 8. The second-order valence-corrected chi connectivity index (χ2v) is 8.66. The van der Waals surface area contributed by atoms with Gasteiger partial charge in [0.05, 0.1) is 36.6 Å². The van der Waals surface area contributed by atoms with Gasteiger partial charge in [-0.25, -0.2) is 4.98 Å². The lowest BCUT2D eigenvalue weighted by Crippen LogP contribution is -2.26. The molecule has 0 aliphatic rings. The lowest BCUT2D eigenvalue weighted by molar-refractivity contribution is -0.118. The zero-order valence-corrected chi connectivity index (χ0v) is 20.2. The van der Waals surface area contributed by atoms with Crippen LogP contribution in [0.2, 0.25) is 5.02 Å². The maximum Gasteiger partial charge on any atom is 0.266 e. The highest BCUT2D eigenvalue weighted by Gasteiger charge is 2.17. The highest BCUT2D eigenvalue weighted by Crippen LogP contribution is 2.27. The Morgan fingerprint density at radius 2 is 1.88 bits per heavy atom. The minimum atomic E-state index is -0.273. The average molecular weight is 496 g/mol. The molecule has 1 amide bonds. The van der Waals surface area contributed by atoms with E-state index in [1.807, 2.05) is 36.4 Å². The molecule has 0 saturated carbocycles. The largest absolute Gasteiger partial charge is 0.497 e.